The number of H-pyrrole nitrogens is 1. The smallest absolute Gasteiger partial charge is 0.178 e. The predicted molar refractivity (Wildman–Crippen MR) is 109 cm³/mol. The van der Waals surface area contributed by atoms with E-state index in [1.54, 1.807) is 0 Å². The van der Waals surface area contributed by atoms with Crippen molar-refractivity contribution in [2.75, 3.05) is 6.61 Å². The summed E-state index contributed by atoms with van der Waals surface area (Å²) in [4.78, 5) is 21.0. The summed E-state index contributed by atoms with van der Waals surface area (Å²) in [6.45, 7) is 7.73. The number of carbonyl (C=O) groups is 1. The lowest BCUT2D eigenvalue weighted by Crippen LogP contribution is -2.19. The second-order valence-electron chi connectivity index (χ2n) is 7.18. The summed E-state index contributed by atoms with van der Waals surface area (Å²) in [7, 11) is 0. The van der Waals surface area contributed by atoms with E-state index in [0.29, 0.717) is 0 Å². The number of Topliss-reactive ketones (excluding diaryl/α,β-unsaturated/α-hetero) is 1. The number of ether oxygens (including phenoxy) is 1. The Morgan fingerprint density at radius 2 is 2.22 bits per heavy atom. The van der Waals surface area contributed by atoms with Crippen LogP contribution in [0.5, 0.6) is 0 Å². The molecule has 1 N–H and O–H groups in total. The average molecular weight is 384 g/mol. The molecule has 5 nitrogen and oxygen atoms in total. The number of aromatic amines is 1. The molecule has 0 aliphatic carbocycles. The molecule has 4 rings (SSSR count). The average Bonchev–Trinajstić information content (AvgIpc) is 3.38. The van der Waals surface area contributed by atoms with Crippen molar-refractivity contribution in [2.24, 2.45) is 0 Å². The molecule has 1 aromatic carbocycles. The van der Waals surface area contributed by atoms with Gasteiger partial charge < -0.3 is 14.3 Å². The molecular weight excluding hydrogens is 358 g/mol. The standard InChI is InChI=1S/C21H25N3O2S/c1-13-14(2)24(12-16-7-6-10-26-16)21(23-13)27-15(3)20(25)18-11-22-19-9-5-4-8-17(18)19/h4-5,8-9,11,15-16,22H,6-7,10,12H2,1-3H3. The van der Waals surface area contributed by atoms with Gasteiger partial charge in [-0.2, -0.15) is 0 Å². The minimum atomic E-state index is -0.214. The lowest BCUT2D eigenvalue weighted by Gasteiger charge is -2.16. The van der Waals surface area contributed by atoms with Crippen LogP contribution in [0.25, 0.3) is 10.9 Å². The first kappa shape index (κ1) is 18.3. The summed E-state index contributed by atoms with van der Waals surface area (Å²) < 4.78 is 8.02. The molecule has 0 saturated carbocycles. The molecule has 1 saturated heterocycles. The van der Waals surface area contributed by atoms with Crippen LogP contribution in [0.2, 0.25) is 0 Å². The Bertz CT molecular complexity index is 969. The highest BCUT2D eigenvalue weighted by Gasteiger charge is 2.25. The molecule has 0 bridgehead atoms. The van der Waals surface area contributed by atoms with Crippen molar-refractivity contribution in [3.05, 3.63) is 47.4 Å². The number of hydrogen-bond donors (Lipinski definition) is 1. The summed E-state index contributed by atoms with van der Waals surface area (Å²) >= 11 is 1.54. The van der Waals surface area contributed by atoms with E-state index < -0.39 is 0 Å². The summed E-state index contributed by atoms with van der Waals surface area (Å²) in [5.41, 5.74) is 3.91. The number of hydrogen-bond acceptors (Lipinski definition) is 4. The normalized spacial score (nSPS) is 18.3. The number of carbonyl (C=O) groups excluding carboxylic acids is 1. The van der Waals surface area contributed by atoms with E-state index >= 15 is 0 Å². The van der Waals surface area contributed by atoms with Crippen LogP contribution < -0.4 is 0 Å². The van der Waals surface area contributed by atoms with E-state index in [2.05, 4.69) is 16.5 Å². The van der Waals surface area contributed by atoms with Gasteiger partial charge in [-0.25, -0.2) is 4.98 Å². The molecule has 2 aromatic heterocycles. The number of fused-ring (bicyclic) bond motifs is 1. The number of para-hydroxylation sites is 1. The van der Waals surface area contributed by atoms with Crippen LogP contribution in [0.4, 0.5) is 0 Å². The molecule has 142 valence electrons. The van der Waals surface area contributed by atoms with Crippen LogP contribution in [-0.2, 0) is 11.3 Å². The Labute approximate surface area is 163 Å². The first-order valence-corrected chi connectivity index (χ1v) is 10.3. The molecule has 0 radical (unpaired) electrons. The highest BCUT2D eigenvalue weighted by molar-refractivity contribution is 8.00. The number of nitrogens with one attached hydrogen (secondary N) is 1. The minimum Gasteiger partial charge on any atom is -0.376 e. The summed E-state index contributed by atoms with van der Waals surface area (Å²) in [5, 5.41) is 1.67. The molecule has 1 aliphatic heterocycles. The van der Waals surface area contributed by atoms with Gasteiger partial charge in [-0.1, -0.05) is 30.0 Å². The maximum absolute atomic E-state index is 13.1. The van der Waals surface area contributed by atoms with Gasteiger partial charge in [0.25, 0.3) is 0 Å². The van der Waals surface area contributed by atoms with E-state index in [1.165, 1.54) is 11.8 Å². The van der Waals surface area contributed by atoms with Crippen molar-refractivity contribution in [1.82, 2.24) is 14.5 Å². The van der Waals surface area contributed by atoms with Gasteiger partial charge in [0, 0.05) is 35.0 Å². The van der Waals surface area contributed by atoms with Crippen LogP contribution in [0, 0.1) is 13.8 Å². The molecule has 1 fully saturated rings. The highest BCUT2D eigenvalue weighted by atomic mass is 32.2. The maximum Gasteiger partial charge on any atom is 0.178 e. The van der Waals surface area contributed by atoms with Gasteiger partial charge in [0.05, 0.1) is 23.6 Å². The first-order valence-electron chi connectivity index (χ1n) is 9.47. The van der Waals surface area contributed by atoms with Crippen molar-refractivity contribution < 1.29 is 9.53 Å². The third kappa shape index (κ3) is 3.56. The molecule has 3 aromatic rings. The summed E-state index contributed by atoms with van der Waals surface area (Å²) in [6, 6.07) is 7.92. The monoisotopic (exact) mass is 383 g/mol. The first-order chi connectivity index (χ1) is 13.0. The SMILES string of the molecule is Cc1nc(SC(C)C(=O)c2c[nH]c3ccccc23)n(CC2CCCO2)c1C. The largest absolute Gasteiger partial charge is 0.376 e. The lowest BCUT2D eigenvalue weighted by molar-refractivity contribution is 0.0944. The van der Waals surface area contributed by atoms with Gasteiger partial charge in [0.15, 0.2) is 10.9 Å². The van der Waals surface area contributed by atoms with Crippen LogP contribution in [-0.4, -0.2) is 38.3 Å². The number of aryl methyl sites for hydroxylation is 1. The molecule has 2 unspecified atom stereocenters. The second kappa shape index (κ2) is 7.52. The molecule has 0 spiro atoms. The Hall–Kier alpha value is -2.05. The van der Waals surface area contributed by atoms with E-state index in [0.717, 1.165) is 59.0 Å². The Morgan fingerprint density at radius 1 is 1.41 bits per heavy atom. The third-order valence-electron chi connectivity index (χ3n) is 5.34. The van der Waals surface area contributed by atoms with E-state index in [1.807, 2.05) is 44.3 Å². The quantitative estimate of drug-likeness (QED) is 0.502. The van der Waals surface area contributed by atoms with Crippen molar-refractivity contribution >= 4 is 28.4 Å². The fourth-order valence-electron chi connectivity index (χ4n) is 3.63. The van der Waals surface area contributed by atoms with Crippen molar-refractivity contribution in [3.63, 3.8) is 0 Å². The van der Waals surface area contributed by atoms with Crippen molar-refractivity contribution in [2.45, 2.75) is 56.7 Å². The Morgan fingerprint density at radius 3 is 3.00 bits per heavy atom. The lowest BCUT2D eigenvalue weighted by atomic mass is 10.1. The zero-order valence-electron chi connectivity index (χ0n) is 16.0. The van der Waals surface area contributed by atoms with Crippen LogP contribution in [0.3, 0.4) is 0 Å². The molecule has 1 aliphatic rings. The van der Waals surface area contributed by atoms with Crippen molar-refractivity contribution in [1.29, 1.82) is 0 Å². The predicted octanol–water partition coefficient (Wildman–Crippen LogP) is 4.52. The Kier molecular flexibility index (Phi) is 5.10. The minimum absolute atomic E-state index is 0.124. The van der Waals surface area contributed by atoms with E-state index in [-0.39, 0.29) is 17.1 Å². The van der Waals surface area contributed by atoms with E-state index in [9.17, 15) is 4.79 Å². The molecule has 0 amide bonds. The molecule has 27 heavy (non-hydrogen) atoms. The fourth-order valence-corrected chi connectivity index (χ4v) is 4.71. The van der Waals surface area contributed by atoms with Crippen molar-refractivity contribution in [3.8, 4) is 0 Å². The number of imidazole rings is 1. The second-order valence-corrected chi connectivity index (χ2v) is 8.49. The number of nitrogens with zero attached hydrogens (tertiary/aromatic N) is 2. The molecular formula is C21H25N3O2S. The zero-order chi connectivity index (χ0) is 19.0. The number of thioether (sulfide) groups is 1. The number of aromatic nitrogens is 3. The van der Waals surface area contributed by atoms with E-state index in [4.69, 9.17) is 9.72 Å². The summed E-state index contributed by atoms with van der Waals surface area (Å²) in [6.07, 6.45) is 4.27. The topological polar surface area (TPSA) is 59.9 Å². The maximum atomic E-state index is 13.1. The summed E-state index contributed by atoms with van der Waals surface area (Å²) in [5.74, 6) is 0.124. The molecule has 2 atom stereocenters. The van der Waals surface area contributed by atoms with Gasteiger partial charge >= 0.3 is 0 Å². The fraction of sp³-hybridized carbons (Fsp3) is 0.429. The highest BCUT2D eigenvalue weighted by Crippen LogP contribution is 2.30. The third-order valence-corrected chi connectivity index (χ3v) is 6.43. The number of rotatable bonds is 6. The van der Waals surface area contributed by atoms with Gasteiger partial charge in [-0.3, -0.25) is 4.79 Å². The van der Waals surface area contributed by atoms with Gasteiger partial charge in [-0.15, -0.1) is 0 Å². The van der Waals surface area contributed by atoms with Gasteiger partial charge in [-0.05, 0) is 39.7 Å². The van der Waals surface area contributed by atoms with Gasteiger partial charge in [0.1, 0.15) is 0 Å². The van der Waals surface area contributed by atoms with Gasteiger partial charge in [0.2, 0.25) is 0 Å². The molecule has 6 heteroatoms. The number of ketones is 1. The number of benzene rings is 1. The Balaban J connectivity index is 1.56. The van der Waals surface area contributed by atoms with Crippen LogP contribution in [0.15, 0.2) is 35.6 Å². The van der Waals surface area contributed by atoms with Crippen LogP contribution in [0.1, 0.15) is 41.5 Å². The molecule has 3 heterocycles. The van der Waals surface area contributed by atoms with Crippen LogP contribution >= 0.6 is 11.8 Å². The zero-order valence-corrected chi connectivity index (χ0v) is 16.8.